The average Bonchev–Trinajstić information content (AvgIpc) is 3.05. The monoisotopic (exact) mass is 416 g/mol. The molecule has 0 bridgehead atoms. The maximum atomic E-state index is 13.8. The second-order valence-corrected chi connectivity index (χ2v) is 11.5. The second kappa shape index (κ2) is 7.76. The first-order valence-corrected chi connectivity index (χ1v) is 12.2. The molecule has 0 heterocycles. The highest BCUT2D eigenvalue weighted by molar-refractivity contribution is 5.99. The number of hydrogen-bond donors (Lipinski definition) is 2. The first kappa shape index (κ1) is 22.0. The predicted molar refractivity (Wildman–Crippen MR) is 117 cm³/mol. The Hall–Kier alpha value is -1.16. The van der Waals surface area contributed by atoms with Gasteiger partial charge in [0.05, 0.1) is 6.10 Å². The molecule has 0 spiro atoms. The fourth-order valence-corrected chi connectivity index (χ4v) is 8.72. The van der Waals surface area contributed by atoms with E-state index in [0.717, 1.165) is 56.9 Å². The quantitative estimate of drug-likeness (QED) is 0.614. The van der Waals surface area contributed by atoms with Crippen LogP contribution in [0.3, 0.4) is 0 Å². The molecule has 0 aromatic carbocycles. The van der Waals surface area contributed by atoms with E-state index in [1.807, 2.05) is 13.0 Å². The van der Waals surface area contributed by atoms with Gasteiger partial charge in [0.25, 0.3) is 0 Å². The minimum absolute atomic E-state index is 0.114. The van der Waals surface area contributed by atoms with Gasteiger partial charge in [0.2, 0.25) is 0 Å². The number of carboxylic acids is 1. The van der Waals surface area contributed by atoms with Crippen LogP contribution in [0.5, 0.6) is 0 Å². The Labute approximate surface area is 181 Å². The molecule has 0 amide bonds. The summed E-state index contributed by atoms with van der Waals surface area (Å²) in [4.78, 5) is 24.9. The van der Waals surface area contributed by atoms with Gasteiger partial charge in [-0.2, -0.15) is 0 Å². The molecular formula is C26H40O4. The molecule has 0 aromatic heterocycles. The van der Waals surface area contributed by atoms with Gasteiger partial charge in [0, 0.05) is 12.3 Å². The summed E-state index contributed by atoms with van der Waals surface area (Å²) >= 11 is 0. The maximum absolute atomic E-state index is 13.8. The van der Waals surface area contributed by atoms with E-state index in [9.17, 15) is 14.7 Å². The number of carbonyl (C=O) groups is 2. The molecule has 4 saturated carbocycles. The lowest BCUT2D eigenvalue weighted by atomic mass is 9.43. The van der Waals surface area contributed by atoms with Gasteiger partial charge in [-0.05, 0) is 104 Å². The van der Waals surface area contributed by atoms with Crippen molar-refractivity contribution in [2.45, 2.75) is 91.6 Å². The fourth-order valence-electron chi connectivity index (χ4n) is 8.72. The molecule has 4 fully saturated rings. The number of aliphatic carboxylic acids is 1. The first-order valence-electron chi connectivity index (χ1n) is 12.2. The van der Waals surface area contributed by atoms with Gasteiger partial charge in [-0.3, -0.25) is 9.59 Å². The normalized spacial score (nSPS) is 48.0. The standard InChI is InChI=1S/C26H40O4/c1-5-17-21-14-16(27)10-12-26(21,4)20-11-13-25(3)18(15(2)6-9-22(28)29)7-8-19(25)23(20)24(17)30/h5,15-16,18-21,23,27H,6-14H2,1-4H3,(H,28,29)/b17-5-/t15-,16-,18?,19+,20+,21+,23?,25-,26-/m1/s1. The van der Waals surface area contributed by atoms with E-state index >= 15 is 0 Å². The topological polar surface area (TPSA) is 74.6 Å². The third-order valence-corrected chi connectivity index (χ3v) is 10.3. The van der Waals surface area contributed by atoms with E-state index in [2.05, 4.69) is 20.8 Å². The first-order chi connectivity index (χ1) is 14.1. The number of rotatable bonds is 4. The Bertz CT molecular complexity index is 741. The van der Waals surface area contributed by atoms with Crippen molar-refractivity contribution < 1.29 is 19.8 Å². The number of carbonyl (C=O) groups excluding carboxylic acids is 1. The Morgan fingerprint density at radius 3 is 2.47 bits per heavy atom. The van der Waals surface area contributed by atoms with Crippen LogP contribution in [0.1, 0.15) is 85.5 Å². The molecule has 2 N–H and O–H groups in total. The lowest BCUT2D eigenvalue weighted by molar-refractivity contribution is -0.150. The van der Waals surface area contributed by atoms with Crippen LogP contribution in [0, 0.1) is 46.3 Å². The van der Waals surface area contributed by atoms with Crippen LogP contribution < -0.4 is 0 Å². The number of aliphatic hydroxyl groups excluding tert-OH is 1. The number of hydrogen-bond acceptors (Lipinski definition) is 3. The van der Waals surface area contributed by atoms with E-state index in [1.165, 1.54) is 0 Å². The zero-order chi connectivity index (χ0) is 21.8. The Morgan fingerprint density at radius 2 is 1.80 bits per heavy atom. The number of carboxylic acid groups (broad SMARTS) is 1. The van der Waals surface area contributed by atoms with E-state index in [1.54, 1.807) is 0 Å². The number of fused-ring (bicyclic) bond motifs is 5. The zero-order valence-corrected chi connectivity index (χ0v) is 19.2. The molecule has 0 aromatic rings. The summed E-state index contributed by atoms with van der Waals surface area (Å²) in [6.07, 6.45) is 9.86. The van der Waals surface area contributed by atoms with Crippen LogP contribution in [-0.2, 0) is 9.59 Å². The molecular weight excluding hydrogens is 376 g/mol. The third kappa shape index (κ3) is 3.20. The van der Waals surface area contributed by atoms with Gasteiger partial charge >= 0.3 is 5.97 Å². The van der Waals surface area contributed by atoms with Crippen molar-refractivity contribution in [3.05, 3.63) is 11.6 Å². The highest BCUT2D eigenvalue weighted by Gasteiger charge is 2.64. The van der Waals surface area contributed by atoms with Crippen molar-refractivity contribution in [1.29, 1.82) is 0 Å². The van der Waals surface area contributed by atoms with Gasteiger partial charge < -0.3 is 10.2 Å². The Morgan fingerprint density at radius 1 is 1.13 bits per heavy atom. The number of allylic oxidation sites excluding steroid dienone is 2. The lowest BCUT2D eigenvalue weighted by Gasteiger charge is -2.61. The third-order valence-electron chi connectivity index (χ3n) is 10.3. The fraction of sp³-hybridized carbons (Fsp3) is 0.846. The molecule has 168 valence electrons. The Balaban J connectivity index is 1.64. The molecule has 2 unspecified atom stereocenters. The molecule has 0 aliphatic heterocycles. The molecule has 0 saturated heterocycles. The molecule has 4 aliphatic carbocycles. The van der Waals surface area contributed by atoms with Crippen LogP contribution in [0.25, 0.3) is 0 Å². The van der Waals surface area contributed by atoms with Crippen LogP contribution >= 0.6 is 0 Å². The highest BCUT2D eigenvalue weighted by Crippen LogP contribution is 2.68. The zero-order valence-electron chi connectivity index (χ0n) is 19.2. The summed E-state index contributed by atoms with van der Waals surface area (Å²) in [6.45, 7) is 9.04. The van der Waals surface area contributed by atoms with Crippen molar-refractivity contribution in [2.24, 2.45) is 46.3 Å². The number of Topliss-reactive ketones (excluding diaryl/α,β-unsaturated/α-hetero) is 1. The summed E-state index contributed by atoms with van der Waals surface area (Å²) < 4.78 is 0. The van der Waals surface area contributed by atoms with E-state index in [0.29, 0.717) is 29.5 Å². The van der Waals surface area contributed by atoms with Crippen molar-refractivity contribution in [1.82, 2.24) is 0 Å². The van der Waals surface area contributed by atoms with Gasteiger partial charge in [-0.25, -0.2) is 0 Å². The minimum Gasteiger partial charge on any atom is -0.481 e. The summed E-state index contributed by atoms with van der Waals surface area (Å²) in [5.41, 5.74) is 1.25. The number of ketones is 1. The molecule has 0 radical (unpaired) electrons. The summed E-state index contributed by atoms with van der Waals surface area (Å²) in [5, 5.41) is 19.5. The van der Waals surface area contributed by atoms with Crippen molar-refractivity contribution in [2.75, 3.05) is 0 Å². The minimum atomic E-state index is -0.705. The number of aliphatic hydroxyl groups is 1. The van der Waals surface area contributed by atoms with E-state index in [4.69, 9.17) is 5.11 Å². The predicted octanol–water partition coefficient (Wildman–Crippen LogP) is 5.24. The molecule has 9 atom stereocenters. The van der Waals surface area contributed by atoms with Crippen LogP contribution in [0.2, 0.25) is 0 Å². The van der Waals surface area contributed by atoms with Gasteiger partial charge in [0.15, 0.2) is 5.78 Å². The van der Waals surface area contributed by atoms with Crippen LogP contribution in [0.4, 0.5) is 0 Å². The molecule has 4 nitrogen and oxygen atoms in total. The van der Waals surface area contributed by atoms with E-state index < -0.39 is 5.97 Å². The molecule has 4 aliphatic rings. The van der Waals surface area contributed by atoms with Crippen LogP contribution in [0.15, 0.2) is 11.6 Å². The van der Waals surface area contributed by atoms with Crippen LogP contribution in [-0.4, -0.2) is 28.1 Å². The summed E-state index contributed by atoms with van der Waals surface area (Å²) in [5.74, 6) is 1.74. The molecule has 4 rings (SSSR count). The Kier molecular flexibility index (Phi) is 5.70. The van der Waals surface area contributed by atoms with Crippen molar-refractivity contribution in [3.63, 3.8) is 0 Å². The van der Waals surface area contributed by atoms with Crippen molar-refractivity contribution in [3.8, 4) is 0 Å². The lowest BCUT2D eigenvalue weighted by Crippen LogP contribution is -2.58. The second-order valence-electron chi connectivity index (χ2n) is 11.5. The smallest absolute Gasteiger partial charge is 0.303 e. The SMILES string of the molecule is C/C=C1\C(=O)C2[C@H](CC[C@]3(C)C([C@H](C)CCC(=O)O)CC[C@@H]23)[C@@]2(C)CC[C@@H](O)C[C@@H]12. The van der Waals surface area contributed by atoms with Gasteiger partial charge in [-0.15, -0.1) is 0 Å². The largest absolute Gasteiger partial charge is 0.481 e. The average molecular weight is 417 g/mol. The van der Waals surface area contributed by atoms with Gasteiger partial charge in [-0.1, -0.05) is 26.8 Å². The molecule has 30 heavy (non-hydrogen) atoms. The summed E-state index contributed by atoms with van der Waals surface area (Å²) in [7, 11) is 0. The van der Waals surface area contributed by atoms with Gasteiger partial charge in [0.1, 0.15) is 0 Å². The van der Waals surface area contributed by atoms with Crippen molar-refractivity contribution >= 4 is 11.8 Å². The highest BCUT2D eigenvalue weighted by atomic mass is 16.4. The van der Waals surface area contributed by atoms with E-state index in [-0.39, 0.29) is 35.2 Å². The maximum Gasteiger partial charge on any atom is 0.303 e. The molecule has 4 heteroatoms. The summed E-state index contributed by atoms with van der Waals surface area (Å²) in [6, 6.07) is 0.